The summed E-state index contributed by atoms with van der Waals surface area (Å²) in [6.45, 7) is -5.30. The molecule has 1 rings (SSSR count). The first-order chi connectivity index (χ1) is 16.2. The number of halogens is 5. The first kappa shape index (κ1) is 29.7. The molecule has 0 aromatic heterocycles. The fourth-order valence-electron chi connectivity index (χ4n) is 3.34. The van der Waals surface area contributed by atoms with E-state index in [0.717, 1.165) is 4.90 Å². The molecule has 0 heterocycles. The molecule has 0 saturated carbocycles. The molecule has 0 fully saturated rings. The van der Waals surface area contributed by atoms with E-state index in [9.17, 15) is 51.3 Å². The third-order valence-corrected chi connectivity index (χ3v) is 4.92. The van der Waals surface area contributed by atoms with Crippen LogP contribution < -0.4 is 5.32 Å². The van der Waals surface area contributed by atoms with Gasteiger partial charge in [0.2, 0.25) is 5.82 Å². The van der Waals surface area contributed by atoms with Gasteiger partial charge in [0.05, 0.1) is 26.2 Å². The zero-order chi connectivity index (χ0) is 26.9. The second-order valence-corrected chi connectivity index (χ2v) is 7.62. The van der Waals surface area contributed by atoms with Gasteiger partial charge in [-0.25, -0.2) is 31.5 Å². The number of aliphatic carboxylic acids is 4. The van der Waals surface area contributed by atoms with E-state index >= 15 is 0 Å². The van der Waals surface area contributed by atoms with E-state index in [2.05, 4.69) is 5.32 Å². The summed E-state index contributed by atoms with van der Waals surface area (Å²) in [5, 5.41) is 38.7. The molecule has 35 heavy (non-hydrogen) atoms. The third kappa shape index (κ3) is 9.06. The van der Waals surface area contributed by atoms with Crippen molar-refractivity contribution in [2.75, 3.05) is 52.4 Å². The van der Waals surface area contributed by atoms with E-state index in [4.69, 9.17) is 10.2 Å². The quantitative estimate of drug-likeness (QED) is 0.0660. The summed E-state index contributed by atoms with van der Waals surface area (Å²) in [4.78, 5) is 45.7. The molecular formula is C19H23F5N3O8+. The van der Waals surface area contributed by atoms with Crippen molar-refractivity contribution in [1.29, 1.82) is 0 Å². The lowest BCUT2D eigenvalue weighted by atomic mass is 10.1. The van der Waals surface area contributed by atoms with Gasteiger partial charge in [-0.15, -0.1) is 0 Å². The van der Waals surface area contributed by atoms with Crippen LogP contribution in [-0.4, -0.2) is 106 Å². The maximum Gasteiger partial charge on any atom is 0.359 e. The van der Waals surface area contributed by atoms with E-state index in [-0.39, 0.29) is 26.2 Å². The maximum absolute atomic E-state index is 13.8. The molecule has 0 radical (unpaired) electrons. The Kier molecular flexibility index (Phi) is 10.9. The van der Waals surface area contributed by atoms with Gasteiger partial charge in [0.1, 0.15) is 0 Å². The number of carbonyl (C=O) groups is 4. The van der Waals surface area contributed by atoms with Crippen molar-refractivity contribution in [3.63, 3.8) is 0 Å². The smallest absolute Gasteiger partial charge is 0.359 e. The number of hydrogen-bond donors (Lipinski definition) is 5. The number of rotatable bonds is 16. The molecule has 0 aliphatic rings. The van der Waals surface area contributed by atoms with Crippen LogP contribution in [0.2, 0.25) is 0 Å². The highest BCUT2D eigenvalue weighted by molar-refractivity contribution is 5.72. The molecule has 0 aliphatic heterocycles. The van der Waals surface area contributed by atoms with Gasteiger partial charge < -0.3 is 30.2 Å². The van der Waals surface area contributed by atoms with Gasteiger partial charge >= 0.3 is 23.9 Å². The Bertz CT molecular complexity index is 917. The van der Waals surface area contributed by atoms with Crippen molar-refractivity contribution < 1.29 is 66.0 Å². The van der Waals surface area contributed by atoms with Crippen LogP contribution in [0.25, 0.3) is 0 Å². The predicted molar refractivity (Wildman–Crippen MR) is 105 cm³/mol. The molecule has 0 aliphatic carbocycles. The zero-order valence-electron chi connectivity index (χ0n) is 18.1. The average molecular weight is 516 g/mol. The minimum absolute atomic E-state index is 0.337. The number of quaternary nitrogens is 1. The van der Waals surface area contributed by atoms with E-state index in [1.165, 1.54) is 0 Å². The van der Waals surface area contributed by atoms with Crippen LogP contribution in [0, 0.1) is 29.1 Å². The second kappa shape index (κ2) is 12.9. The molecule has 11 nitrogen and oxygen atoms in total. The van der Waals surface area contributed by atoms with E-state index in [1.54, 1.807) is 0 Å². The van der Waals surface area contributed by atoms with Crippen LogP contribution in [0.4, 0.5) is 22.0 Å². The van der Waals surface area contributed by atoms with Crippen molar-refractivity contribution in [2.45, 2.75) is 6.54 Å². The van der Waals surface area contributed by atoms with Gasteiger partial charge in [-0.1, -0.05) is 0 Å². The van der Waals surface area contributed by atoms with Gasteiger partial charge in [-0.2, -0.15) is 0 Å². The van der Waals surface area contributed by atoms with Crippen LogP contribution in [0.3, 0.4) is 0 Å². The first-order valence-electron chi connectivity index (χ1n) is 9.84. The zero-order valence-corrected chi connectivity index (χ0v) is 18.1. The average Bonchev–Trinajstić information content (AvgIpc) is 2.72. The number of carboxylic acid groups (broad SMARTS) is 4. The van der Waals surface area contributed by atoms with Crippen LogP contribution in [0.15, 0.2) is 0 Å². The molecule has 0 atom stereocenters. The van der Waals surface area contributed by atoms with E-state index < -0.39 is 95.7 Å². The van der Waals surface area contributed by atoms with Crippen LogP contribution in [0.5, 0.6) is 0 Å². The van der Waals surface area contributed by atoms with E-state index in [1.807, 2.05) is 0 Å². The maximum atomic E-state index is 13.8. The standard InChI is InChI=1S/C19H22F5N3O8/c20-15-10(16(21)18(23)19(24)17(15)22)5-25-1-3-27(8-13(32)33,9-14(34)35)4-2-26(6-11(28)29)7-12(30)31/h25H,1-9H2,(H3-,28,29,30,31,32,33,34,35)/p+1. The SMILES string of the molecule is O=C(O)CN(CC[N+](CCNCc1c(F)c(F)c(F)c(F)c1F)(CC(=O)O)CC(=O)O)CC(=O)O. The van der Waals surface area contributed by atoms with Crippen molar-refractivity contribution in [3.8, 4) is 0 Å². The van der Waals surface area contributed by atoms with Crippen LogP contribution in [0.1, 0.15) is 5.56 Å². The Morgan fingerprint density at radius 2 is 1.11 bits per heavy atom. The first-order valence-corrected chi connectivity index (χ1v) is 9.84. The van der Waals surface area contributed by atoms with Gasteiger partial charge in [0, 0.05) is 25.2 Å². The number of hydrogen-bond acceptors (Lipinski definition) is 6. The minimum atomic E-state index is -2.34. The number of nitrogens with one attached hydrogen (secondary N) is 1. The highest BCUT2D eigenvalue weighted by atomic mass is 19.2. The van der Waals surface area contributed by atoms with Gasteiger partial charge in [-0.3, -0.25) is 14.5 Å². The monoisotopic (exact) mass is 516 g/mol. The molecule has 1 aromatic rings. The fourth-order valence-corrected chi connectivity index (χ4v) is 3.34. The summed E-state index contributed by atoms with van der Waals surface area (Å²) in [7, 11) is 0. The number of nitrogens with zero attached hydrogens (tertiary/aromatic N) is 2. The summed E-state index contributed by atoms with van der Waals surface area (Å²) >= 11 is 0. The van der Waals surface area contributed by atoms with Crippen molar-refractivity contribution in [3.05, 3.63) is 34.6 Å². The predicted octanol–water partition coefficient (Wildman–Crippen LogP) is -0.0711. The second-order valence-electron chi connectivity index (χ2n) is 7.62. The highest BCUT2D eigenvalue weighted by Crippen LogP contribution is 2.22. The van der Waals surface area contributed by atoms with Crippen LogP contribution in [-0.2, 0) is 25.7 Å². The Hall–Kier alpha value is -3.37. The minimum Gasteiger partial charge on any atom is -0.480 e. The Morgan fingerprint density at radius 3 is 1.51 bits per heavy atom. The van der Waals surface area contributed by atoms with Gasteiger partial charge in [0.15, 0.2) is 36.4 Å². The Morgan fingerprint density at radius 1 is 0.686 bits per heavy atom. The summed E-state index contributed by atoms with van der Waals surface area (Å²) in [5.74, 6) is -16.4. The Balaban J connectivity index is 3.05. The Labute approximate surface area is 194 Å². The topological polar surface area (TPSA) is 164 Å². The summed E-state index contributed by atoms with van der Waals surface area (Å²) in [5.41, 5.74) is -1.18. The van der Waals surface area contributed by atoms with E-state index in [0.29, 0.717) is 0 Å². The highest BCUT2D eigenvalue weighted by Gasteiger charge is 2.34. The molecule has 1 aromatic carbocycles. The molecule has 0 unspecified atom stereocenters. The number of carboxylic acids is 4. The van der Waals surface area contributed by atoms with Crippen molar-refractivity contribution >= 4 is 23.9 Å². The molecule has 0 bridgehead atoms. The lowest BCUT2D eigenvalue weighted by Gasteiger charge is -2.37. The van der Waals surface area contributed by atoms with Crippen LogP contribution >= 0.6 is 0 Å². The third-order valence-electron chi connectivity index (χ3n) is 4.92. The molecule has 0 amide bonds. The molecule has 0 saturated heterocycles. The normalized spacial score (nSPS) is 11.6. The summed E-state index contributed by atoms with van der Waals surface area (Å²) in [6.07, 6.45) is 0. The summed E-state index contributed by atoms with van der Waals surface area (Å²) < 4.78 is 66.7. The lowest BCUT2D eigenvalue weighted by Crippen LogP contribution is -2.59. The molecule has 5 N–H and O–H groups in total. The fraction of sp³-hybridized carbons (Fsp3) is 0.474. The summed E-state index contributed by atoms with van der Waals surface area (Å²) in [6, 6.07) is 0. The van der Waals surface area contributed by atoms with Gasteiger partial charge in [-0.05, 0) is 0 Å². The van der Waals surface area contributed by atoms with Gasteiger partial charge in [0.25, 0.3) is 0 Å². The van der Waals surface area contributed by atoms with Crippen molar-refractivity contribution in [2.24, 2.45) is 0 Å². The number of benzene rings is 1. The molecule has 196 valence electrons. The largest absolute Gasteiger partial charge is 0.480 e. The molecule has 16 heteroatoms. The lowest BCUT2D eigenvalue weighted by molar-refractivity contribution is -0.913. The molecule has 0 spiro atoms. The van der Waals surface area contributed by atoms with Crippen molar-refractivity contribution in [1.82, 2.24) is 10.2 Å². The molecular weight excluding hydrogens is 493 g/mol.